The topological polar surface area (TPSA) is 40.9 Å². The number of allylic oxidation sites excluding steroid dienone is 4. The van der Waals surface area contributed by atoms with Gasteiger partial charge in [0.1, 0.15) is 6.07 Å². The molecule has 0 aromatic carbocycles. The third-order valence-electron chi connectivity index (χ3n) is 13.1. The van der Waals surface area contributed by atoms with Gasteiger partial charge >= 0.3 is 0 Å². The number of nitriles is 1. The molecule has 5 aliphatic rings. The Morgan fingerprint density at radius 3 is 2.26 bits per heavy atom. The molecule has 0 heterocycles. The summed E-state index contributed by atoms with van der Waals surface area (Å²) in [7, 11) is 0. The summed E-state index contributed by atoms with van der Waals surface area (Å²) in [4.78, 5) is 13.2. The normalized spacial score (nSPS) is 49.9. The minimum Gasteiger partial charge on any atom is -0.293 e. The van der Waals surface area contributed by atoms with Crippen LogP contribution in [0.2, 0.25) is 0 Å². The van der Waals surface area contributed by atoms with Gasteiger partial charge in [-0.1, -0.05) is 72.8 Å². The molecule has 2 heteroatoms. The molecule has 0 aliphatic heterocycles. The van der Waals surface area contributed by atoms with Crippen molar-refractivity contribution in [1.29, 1.82) is 5.26 Å². The number of carbonyl (C=O) groups is 1. The Labute approximate surface area is 214 Å². The molecule has 4 saturated carbocycles. The predicted octanol–water partition coefficient (Wildman–Crippen LogP) is 8.46. The second kappa shape index (κ2) is 7.24. The van der Waals surface area contributed by atoms with Gasteiger partial charge in [-0.3, -0.25) is 4.79 Å². The van der Waals surface area contributed by atoms with Crippen LogP contribution in [0.25, 0.3) is 0 Å². The van der Waals surface area contributed by atoms with Crippen molar-refractivity contribution in [1.82, 2.24) is 0 Å². The zero-order valence-corrected chi connectivity index (χ0v) is 23.4. The van der Waals surface area contributed by atoms with E-state index >= 15 is 0 Å². The molecule has 35 heavy (non-hydrogen) atoms. The first-order valence-corrected chi connectivity index (χ1v) is 14.1. The average molecular weight is 474 g/mol. The third kappa shape index (κ3) is 2.97. The van der Waals surface area contributed by atoms with Crippen LogP contribution in [-0.4, -0.2) is 5.78 Å². The van der Waals surface area contributed by atoms with Crippen LogP contribution in [0.1, 0.15) is 99.8 Å². The second-order valence-electron chi connectivity index (χ2n) is 15.3. The SMILES string of the molecule is C=C[C@]12CCC(C)(C)C[C@H]1[C@H]1C(=C)C[C@@H]3[C@@]4(C)C=C(C#N)C(=O)C(C)(C)[C@@H]4CC[C@@]3(C)[C@]1(C)CC2. The highest BCUT2D eigenvalue weighted by molar-refractivity contribution is 6.04. The summed E-state index contributed by atoms with van der Waals surface area (Å²) in [5.41, 5.74) is 2.13. The Morgan fingerprint density at radius 1 is 0.971 bits per heavy atom. The zero-order chi connectivity index (χ0) is 25.8. The summed E-state index contributed by atoms with van der Waals surface area (Å²) in [6, 6.07) is 2.29. The number of Topliss-reactive ketones (excluding diaryl/α,β-unsaturated/α-hetero) is 1. The first-order chi connectivity index (χ1) is 16.1. The van der Waals surface area contributed by atoms with Crippen molar-refractivity contribution < 1.29 is 4.79 Å². The lowest BCUT2D eigenvalue weighted by atomic mass is 9.31. The molecule has 0 unspecified atom stereocenters. The first-order valence-electron chi connectivity index (χ1n) is 14.1. The largest absolute Gasteiger partial charge is 0.293 e. The van der Waals surface area contributed by atoms with E-state index in [-0.39, 0.29) is 33.4 Å². The summed E-state index contributed by atoms with van der Waals surface area (Å²) in [6.07, 6.45) is 14.0. The number of carbonyl (C=O) groups excluding carboxylic acids is 1. The lowest BCUT2D eigenvalue weighted by Gasteiger charge is -2.73. The maximum absolute atomic E-state index is 13.2. The van der Waals surface area contributed by atoms with Crippen LogP contribution < -0.4 is 0 Å². The van der Waals surface area contributed by atoms with Crippen LogP contribution in [0.15, 0.2) is 36.5 Å². The van der Waals surface area contributed by atoms with Crippen LogP contribution >= 0.6 is 0 Å². The van der Waals surface area contributed by atoms with Crippen molar-refractivity contribution >= 4 is 5.78 Å². The molecular weight excluding hydrogens is 426 g/mol. The summed E-state index contributed by atoms with van der Waals surface area (Å²) in [5.74, 6) is 1.87. The molecule has 2 nitrogen and oxygen atoms in total. The molecule has 190 valence electrons. The van der Waals surface area contributed by atoms with E-state index < -0.39 is 5.41 Å². The van der Waals surface area contributed by atoms with Crippen molar-refractivity contribution in [2.24, 2.45) is 56.2 Å². The van der Waals surface area contributed by atoms with Crippen LogP contribution in [0.4, 0.5) is 0 Å². The van der Waals surface area contributed by atoms with E-state index in [1.165, 1.54) is 44.1 Å². The van der Waals surface area contributed by atoms with E-state index in [2.05, 4.69) is 73.3 Å². The van der Waals surface area contributed by atoms with Gasteiger partial charge in [-0.2, -0.15) is 5.26 Å². The maximum atomic E-state index is 13.2. The van der Waals surface area contributed by atoms with Gasteiger partial charge in [0.2, 0.25) is 0 Å². The van der Waals surface area contributed by atoms with Crippen LogP contribution in [-0.2, 0) is 4.79 Å². The highest BCUT2D eigenvalue weighted by atomic mass is 16.1. The molecule has 0 spiro atoms. The number of fused-ring (bicyclic) bond motifs is 7. The molecule has 0 aromatic rings. The number of ketones is 1. The molecule has 4 fully saturated rings. The standard InChI is InChI=1S/C33H47NO/c1-10-33-15-13-28(3,4)19-23(33)26-21(2)17-25-30(7)18-22(20-34)27(35)29(5,6)24(30)11-12-31(25,8)32(26,9)14-16-33/h10,18,23-26H,1-2,11-17,19H2,3-9H3/t23-,24-,25+,26+,30-,31+,32+,33+/m0/s1. The lowest BCUT2D eigenvalue weighted by Crippen LogP contribution is -2.66. The highest BCUT2D eigenvalue weighted by Gasteiger charge is 2.70. The van der Waals surface area contributed by atoms with E-state index in [4.69, 9.17) is 6.58 Å². The maximum Gasteiger partial charge on any atom is 0.178 e. The van der Waals surface area contributed by atoms with E-state index in [0.717, 1.165) is 12.8 Å². The summed E-state index contributed by atoms with van der Waals surface area (Å²) in [6.45, 7) is 25.9. The molecule has 8 atom stereocenters. The quantitative estimate of drug-likeness (QED) is 0.358. The number of nitrogens with zero attached hydrogens (tertiary/aromatic N) is 1. The summed E-state index contributed by atoms with van der Waals surface area (Å²) >= 11 is 0. The second-order valence-corrected chi connectivity index (χ2v) is 15.3. The number of hydrogen-bond donors (Lipinski definition) is 0. The Balaban J connectivity index is 1.64. The molecule has 0 aromatic heterocycles. The molecule has 5 rings (SSSR count). The minimum absolute atomic E-state index is 0.0441. The van der Waals surface area contributed by atoms with Crippen LogP contribution in [0, 0.1) is 67.5 Å². The molecule has 0 bridgehead atoms. The van der Waals surface area contributed by atoms with Gasteiger partial charge in [0.25, 0.3) is 0 Å². The van der Waals surface area contributed by atoms with Crippen molar-refractivity contribution in [3.05, 3.63) is 36.5 Å². The van der Waals surface area contributed by atoms with Crippen molar-refractivity contribution in [3.63, 3.8) is 0 Å². The van der Waals surface area contributed by atoms with Crippen molar-refractivity contribution in [2.45, 2.75) is 99.8 Å². The molecular formula is C33H47NO. The van der Waals surface area contributed by atoms with Gasteiger partial charge in [-0.05, 0) is 102 Å². The lowest BCUT2D eigenvalue weighted by molar-refractivity contribution is -0.205. The smallest absolute Gasteiger partial charge is 0.178 e. The summed E-state index contributed by atoms with van der Waals surface area (Å²) < 4.78 is 0. The Kier molecular flexibility index (Phi) is 5.18. The molecule has 5 aliphatic carbocycles. The van der Waals surface area contributed by atoms with Crippen LogP contribution in [0.3, 0.4) is 0 Å². The third-order valence-corrected chi connectivity index (χ3v) is 13.1. The fourth-order valence-electron chi connectivity index (χ4n) is 10.9. The Bertz CT molecular complexity index is 1070. The van der Waals surface area contributed by atoms with Gasteiger partial charge < -0.3 is 0 Å². The number of rotatable bonds is 1. The van der Waals surface area contributed by atoms with Gasteiger partial charge in [0.05, 0.1) is 5.57 Å². The fraction of sp³-hybridized carbons (Fsp3) is 0.758. The molecule has 0 radical (unpaired) electrons. The van der Waals surface area contributed by atoms with Gasteiger partial charge in [0, 0.05) is 5.41 Å². The van der Waals surface area contributed by atoms with Crippen molar-refractivity contribution in [3.8, 4) is 6.07 Å². The highest BCUT2D eigenvalue weighted by Crippen LogP contribution is 2.77. The summed E-state index contributed by atoms with van der Waals surface area (Å²) in [5, 5.41) is 9.92. The molecule has 0 amide bonds. The van der Waals surface area contributed by atoms with E-state index in [1.807, 2.05) is 0 Å². The van der Waals surface area contributed by atoms with E-state index in [0.29, 0.717) is 28.7 Å². The van der Waals surface area contributed by atoms with Gasteiger partial charge in [0.15, 0.2) is 5.78 Å². The van der Waals surface area contributed by atoms with Crippen LogP contribution in [0.5, 0.6) is 0 Å². The Morgan fingerprint density at radius 2 is 1.63 bits per heavy atom. The minimum atomic E-state index is -0.493. The molecule has 0 N–H and O–H groups in total. The molecule has 0 saturated heterocycles. The zero-order valence-electron chi connectivity index (χ0n) is 23.4. The van der Waals surface area contributed by atoms with Gasteiger partial charge in [-0.15, -0.1) is 6.58 Å². The Hall–Kier alpha value is -1.62. The average Bonchev–Trinajstić information content (AvgIpc) is 2.77. The van der Waals surface area contributed by atoms with E-state index in [9.17, 15) is 10.1 Å². The van der Waals surface area contributed by atoms with Gasteiger partial charge in [-0.25, -0.2) is 0 Å². The number of hydrogen-bond acceptors (Lipinski definition) is 2. The van der Waals surface area contributed by atoms with E-state index in [1.54, 1.807) is 0 Å². The fourth-order valence-corrected chi connectivity index (χ4v) is 10.9. The van der Waals surface area contributed by atoms with Crippen molar-refractivity contribution in [2.75, 3.05) is 0 Å². The first kappa shape index (κ1) is 25.0. The monoisotopic (exact) mass is 473 g/mol. The predicted molar refractivity (Wildman–Crippen MR) is 143 cm³/mol.